The molecule has 2 aromatic carbocycles. The molecule has 0 amide bonds. The molecule has 0 aliphatic heterocycles. The number of hydrogen-bond donors (Lipinski definition) is 3. The molecular formula is C17H15NO5. The number of ketones is 1. The lowest BCUT2D eigenvalue weighted by Crippen LogP contribution is -2.49. The molecule has 0 saturated carbocycles. The Kier molecular flexibility index (Phi) is 4.57. The van der Waals surface area contributed by atoms with Gasteiger partial charge in [-0.25, -0.2) is 0 Å². The Morgan fingerprint density at radius 1 is 1.04 bits per heavy atom. The molecule has 0 heterocycles. The molecule has 0 saturated heterocycles. The summed E-state index contributed by atoms with van der Waals surface area (Å²) in [6, 6.07) is 11.6. The summed E-state index contributed by atoms with van der Waals surface area (Å²) in [6.45, 7) is 0. The third kappa shape index (κ3) is 2.84. The van der Waals surface area contributed by atoms with E-state index in [1.54, 1.807) is 6.07 Å². The normalized spacial score (nSPS) is 14.5. The molecule has 0 spiro atoms. The zero-order valence-electron chi connectivity index (χ0n) is 12.0. The number of carbonyl (C=O) groups excluding carboxylic acids is 2. The maximum absolute atomic E-state index is 12.7. The molecule has 0 aliphatic carbocycles. The molecule has 118 valence electrons. The van der Waals surface area contributed by atoms with Crippen molar-refractivity contribution in [3.05, 3.63) is 65.7 Å². The average molecular weight is 313 g/mol. The number of phenols is 1. The van der Waals surface area contributed by atoms with Crippen LogP contribution in [0.25, 0.3) is 0 Å². The second kappa shape index (κ2) is 6.41. The lowest BCUT2D eigenvalue weighted by Gasteiger charge is -2.25. The van der Waals surface area contributed by atoms with E-state index < -0.39 is 23.2 Å². The van der Waals surface area contributed by atoms with Crippen LogP contribution in [0.2, 0.25) is 0 Å². The molecule has 6 heteroatoms. The second-order valence-electron chi connectivity index (χ2n) is 5.03. The first-order valence-corrected chi connectivity index (χ1v) is 6.77. The Morgan fingerprint density at radius 3 is 2.09 bits per heavy atom. The number of carboxylic acids is 1. The standard InChI is InChI=1S/C17H15NO5/c18-14(11-6-8-13(20)9-7-11)15(21)17(10-19,16(22)23)12-4-2-1-3-5-12/h1-10,14,20H,18H2,(H,22,23). The van der Waals surface area contributed by atoms with E-state index >= 15 is 0 Å². The number of rotatable bonds is 6. The third-order valence-electron chi connectivity index (χ3n) is 3.67. The van der Waals surface area contributed by atoms with Gasteiger partial charge in [0.05, 0.1) is 6.04 Å². The number of carbonyl (C=O) groups is 3. The molecule has 2 aromatic rings. The largest absolute Gasteiger partial charge is 0.508 e. The Hall–Kier alpha value is -2.99. The molecule has 2 atom stereocenters. The number of aromatic hydroxyl groups is 1. The zero-order chi connectivity index (χ0) is 17.0. The van der Waals surface area contributed by atoms with E-state index in [-0.39, 0.29) is 17.6 Å². The molecule has 4 N–H and O–H groups in total. The van der Waals surface area contributed by atoms with Crippen molar-refractivity contribution in [2.45, 2.75) is 11.5 Å². The maximum Gasteiger partial charge on any atom is 0.329 e. The van der Waals surface area contributed by atoms with Gasteiger partial charge in [-0.3, -0.25) is 9.59 Å². The minimum atomic E-state index is -2.38. The van der Waals surface area contributed by atoms with Gasteiger partial charge >= 0.3 is 5.97 Å². The number of aldehydes is 1. The fraction of sp³-hybridized carbons (Fsp3) is 0.118. The minimum Gasteiger partial charge on any atom is -0.508 e. The summed E-state index contributed by atoms with van der Waals surface area (Å²) >= 11 is 0. The van der Waals surface area contributed by atoms with Crippen molar-refractivity contribution in [2.24, 2.45) is 5.73 Å². The lowest BCUT2D eigenvalue weighted by molar-refractivity contribution is -0.151. The van der Waals surface area contributed by atoms with Crippen LogP contribution >= 0.6 is 0 Å². The summed E-state index contributed by atoms with van der Waals surface area (Å²) in [6.07, 6.45) is 0.104. The van der Waals surface area contributed by atoms with Gasteiger partial charge in [-0.1, -0.05) is 42.5 Å². The number of aliphatic carboxylic acids is 1. The van der Waals surface area contributed by atoms with E-state index in [0.29, 0.717) is 5.56 Å². The number of phenolic OH excluding ortho intramolecular Hbond substituents is 1. The topological polar surface area (TPSA) is 118 Å². The Labute approximate surface area is 132 Å². The van der Waals surface area contributed by atoms with Gasteiger partial charge in [0, 0.05) is 0 Å². The lowest BCUT2D eigenvalue weighted by atomic mass is 9.74. The van der Waals surface area contributed by atoms with Crippen molar-refractivity contribution in [1.29, 1.82) is 0 Å². The number of nitrogens with two attached hydrogens (primary N) is 1. The Morgan fingerprint density at radius 2 is 1.61 bits per heavy atom. The SMILES string of the molecule is NC(C(=O)C(C=O)(C(=O)O)c1ccccc1)c1ccc(O)cc1. The summed E-state index contributed by atoms with van der Waals surface area (Å²) in [5, 5.41) is 18.8. The average Bonchev–Trinajstić information content (AvgIpc) is 2.56. The summed E-state index contributed by atoms with van der Waals surface area (Å²) < 4.78 is 0. The van der Waals surface area contributed by atoms with Crippen molar-refractivity contribution >= 4 is 18.0 Å². The van der Waals surface area contributed by atoms with Crippen LogP contribution in [0.3, 0.4) is 0 Å². The van der Waals surface area contributed by atoms with Gasteiger partial charge in [-0.2, -0.15) is 0 Å². The van der Waals surface area contributed by atoms with E-state index in [1.807, 2.05) is 0 Å². The van der Waals surface area contributed by atoms with Crippen molar-refractivity contribution in [2.75, 3.05) is 0 Å². The summed E-state index contributed by atoms with van der Waals surface area (Å²) in [4.78, 5) is 36.1. The van der Waals surface area contributed by atoms with Gasteiger partial charge in [0.25, 0.3) is 0 Å². The molecule has 23 heavy (non-hydrogen) atoms. The van der Waals surface area contributed by atoms with Crippen LogP contribution in [0.1, 0.15) is 17.2 Å². The van der Waals surface area contributed by atoms with Crippen LogP contribution in [0.5, 0.6) is 5.75 Å². The van der Waals surface area contributed by atoms with Crippen LogP contribution in [0, 0.1) is 0 Å². The molecule has 0 bridgehead atoms. The molecule has 2 unspecified atom stereocenters. The van der Waals surface area contributed by atoms with E-state index in [2.05, 4.69) is 0 Å². The highest BCUT2D eigenvalue weighted by molar-refractivity contribution is 6.23. The summed E-state index contributed by atoms with van der Waals surface area (Å²) in [5.41, 5.74) is 3.84. The van der Waals surface area contributed by atoms with Crippen molar-refractivity contribution < 1.29 is 24.6 Å². The van der Waals surface area contributed by atoms with E-state index in [4.69, 9.17) is 5.73 Å². The minimum absolute atomic E-state index is 0.0173. The van der Waals surface area contributed by atoms with Gasteiger partial charge in [-0.05, 0) is 23.3 Å². The molecule has 2 rings (SSSR count). The predicted molar refractivity (Wildman–Crippen MR) is 81.9 cm³/mol. The molecule has 0 aromatic heterocycles. The smallest absolute Gasteiger partial charge is 0.329 e. The molecule has 0 aliphatic rings. The van der Waals surface area contributed by atoms with Crippen molar-refractivity contribution in [1.82, 2.24) is 0 Å². The number of benzene rings is 2. The second-order valence-corrected chi connectivity index (χ2v) is 5.03. The van der Waals surface area contributed by atoms with Crippen molar-refractivity contribution in [3.8, 4) is 5.75 Å². The highest BCUT2D eigenvalue weighted by Gasteiger charge is 2.50. The fourth-order valence-electron chi connectivity index (χ4n) is 2.33. The van der Waals surface area contributed by atoms with Crippen LogP contribution in [0.15, 0.2) is 54.6 Å². The molecular weight excluding hydrogens is 298 g/mol. The summed E-state index contributed by atoms with van der Waals surface area (Å²) in [5.74, 6) is -2.55. The van der Waals surface area contributed by atoms with Gasteiger partial charge in [0.1, 0.15) is 12.0 Å². The Balaban J connectivity index is 2.51. The number of carboxylic acid groups (broad SMARTS) is 1. The molecule has 6 nitrogen and oxygen atoms in total. The fourth-order valence-corrected chi connectivity index (χ4v) is 2.33. The molecule has 0 fully saturated rings. The van der Waals surface area contributed by atoms with Crippen LogP contribution in [-0.2, 0) is 19.8 Å². The van der Waals surface area contributed by atoms with Gasteiger partial charge in [0.15, 0.2) is 5.78 Å². The van der Waals surface area contributed by atoms with Crippen LogP contribution < -0.4 is 5.73 Å². The number of hydrogen-bond acceptors (Lipinski definition) is 5. The van der Waals surface area contributed by atoms with Gasteiger partial charge in [0.2, 0.25) is 5.41 Å². The monoisotopic (exact) mass is 313 g/mol. The van der Waals surface area contributed by atoms with Crippen LogP contribution in [0.4, 0.5) is 0 Å². The highest BCUT2D eigenvalue weighted by Crippen LogP contribution is 2.29. The van der Waals surface area contributed by atoms with Gasteiger partial charge in [-0.15, -0.1) is 0 Å². The first kappa shape index (κ1) is 16.4. The zero-order valence-corrected chi connectivity index (χ0v) is 12.0. The molecule has 0 radical (unpaired) electrons. The van der Waals surface area contributed by atoms with E-state index in [1.165, 1.54) is 48.5 Å². The number of Topliss-reactive ketones (excluding diaryl/α,β-unsaturated/α-hetero) is 1. The van der Waals surface area contributed by atoms with Crippen LogP contribution in [-0.4, -0.2) is 28.3 Å². The third-order valence-corrected chi connectivity index (χ3v) is 3.67. The van der Waals surface area contributed by atoms with Gasteiger partial charge < -0.3 is 20.7 Å². The van der Waals surface area contributed by atoms with Crippen molar-refractivity contribution in [3.63, 3.8) is 0 Å². The quantitative estimate of drug-likeness (QED) is 0.544. The predicted octanol–water partition coefficient (Wildman–Crippen LogP) is 1.18. The first-order valence-electron chi connectivity index (χ1n) is 6.77. The Bertz CT molecular complexity index is 726. The first-order chi connectivity index (χ1) is 10.9. The van der Waals surface area contributed by atoms with E-state index in [0.717, 1.165) is 0 Å². The highest BCUT2D eigenvalue weighted by atomic mass is 16.4. The summed E-state index contributed by atoms with van der Waals surface area (Å²) in [7, 11) is 0. The maximum atomic E-state index is 12.7. The van der Waals surface area contributed by atoms with E-state index in [9.17, 15) is 24.6 Å².